The third-order valence-corrected chi connectivity index (χ3v) is 10.8. The molecule has 0 saturated carbocycles. The van der Waals surface area contributed by atoms with E-state index in [0.29, 0.717) is 26.7 Å². The number of nitrogens with one attached hydrogen (secondary N) is 3. The zero-order chi connectivity index (χ0) is 46.3. The van der Waals surface area contributed by atoms with Gasteiger partial charge in [0.05, 0.1) is 11.3 Å². The molecular weight excluding hydrogens is 921 g/mol. The van der Waals surface area contributed by atoms with Gasteiger partial charge in [-0.3, -0.25) is 14.4 Å². The molecule has 0 spiro atoms. The highest BCUT2D eigenvalue weighted by Crippen LogP contribution is 2.30. The fourth-order valence-corrected chi connectivity index (χ4v) is 7.11. The Morgan fingerprint density at radius 3 is 1.22 bits per heavy atom. The molecule has 4 N–H and O–H groups in total. The predicted octanol–water partition coefficient (Wildman–Crippen LogP) is 14.5. The Hall–Kier alpha value is -7.30. The molecular formula is C54H42BrCl2N3O5. The summed E-state index contributed by atoms with van der Waals surface area (Å²) in [6, 6.07) is 58.5. The number of benzene rings is 8. The van der Waals surface area contributed by atoms with Crippen LogP contribution in [0.5, 0.6) is 0 Å². The van der Waals surface area contributed by atoms with Gasteiger partial charge in [0.15, 0.2) is 0 Å². The van der Waals surface area contributed by atoms with Gasteiger partial charge in [-0.05, 0) is 138 Å². The summed E-state index contributed by atoms with van der Waals surface area (Å²) < 4.78 is 0.950. The van der Waals surface area contributed by atoms with Crippen LogP contribution in [0.25, 0.3) is 22.3 Å². The summed E-state index contributed by atoms with van der Waals surface area (Å²) in [5.74, 6) is -1.68. The molecule has 0 radical (unpaired) electrons. The number of hydrogen-bond donors (Lipinski definition) is 4. The quantitative estimate of drug-likeness (QED) is 0.115. The molecule has 324 valence electrons. The number of aromatic carboxylic acids is 1. The van der Waals surface area contributed by atoms with Crippen molar-refractivity contribution in [1.29, 1.82) is 0 Å². The molecule has 3 amide bonds. The van der Waals surface area contributed by atoms with Crippen LogP contribution in [0.4, 0.5) is 17.1 Å². The molecule has 0 atom stereocenters. The Kier molecular flexibility index (Phi) is 16.6. The van der Waals surface area contributed by atoms with Crippen molar-refractivity contribution in [2.24, 2.45) is 0 Å². The number of aryl methyl sites for hydroxylation is 2. The van der Waals surface area contributed by atoms with Gasteiger partial charge in [-0.15, -0.1) is 0 Å². The molecule has 0 aliphatic heterocycles. The van der Waals surface area contributed by atoms with Crippen molar-refractivity contribution in [2.75, 3.05) is 16.0 Å². The molecule has 0 aliphatic rings. The van der Waals surface area contributed by atoms with E-state index in [1.807, 2.05) is 123 Å². The van der Waals surface area contributed by atoms with Crippen LogP contribution in [0, 0.1) is 13.8 Å². The molecule has 0 fully saturated rings. The molecule has 0 saturated heterocycles. The summed E-state index contributed by atoms with van der Waals surface area (Å²) in [7, 11) is 0. The number of carbonyl (C=O) groups excluding carboxylic acids is 3. The molecule has 0 unspecified atom stereocenters. The van der Waals surface area contributed by atoms with Gasteiger partial charge in [0.25, 0.3) is 17.7 Å². The first kappa shape index (κ1) is 47.2. The topological polar surface area (TPSA) is 125 Å². The summed E-state index contributed by atoms with van der Waals surface area (Å²) in [6.45, 7) is 3.94. The summed E-state index contributed by atoms with van der Waals surface area (Å²) in [4.78, 5) is 48.1. The molecule has 8 nitrogen and oxygen atoms in total. The minimum Gasteiger partial charge on any atom is -0.478 e. The number of amides is 3. The van der Waals surface area contributed by atoms with Crippen LogP contribution in [0.1, 0.15) is 52.6 Å². The summed E-state index contributed by atoms with van der Waals surface area (Å²) in [5, 5.41) is 19.2. The largest absolute Gasteiger partial charge is 0.478 e. The summed E-state index contributed by atoms with van der Waals surface area (Å²) >= 11 is 15.5. The van der Waals surface area contributed by atoms with Crippen molar-refractivity contribution in [3.8, 4) is 22.3 Å². The second kappa shape index (κ2) is 22.9. The van der Waals surface area contributed by atoms with Gasteiger partial charge in [0.2, 0.25) is 0 Å². The van der Waals surface area contributed by atoms with Crippen molar-refractivity contribution in [2.45, 2.75) is 13.8 Å². The van der Waals surface area contributed by atoms with Gasteiger partial charge in [-0.25, -0.2) is 4.79 Å². The number of anilines is 3. The van der Waals surface area contributed by atoms with E-state index in [0.717, 1.165) is 49.2 Å². The third kappa shape index (κ3) is 13.6. The maximum Gasteiger partial charge on any atom is 0.337 e. The highest BCUT2D eigenvalue weighted by Gasteiger charge is 2.16. The fourth-order valence-electron chi connectivity index (χ4n) is 6.37. The predicted molar refractivity (Wildman–Crippen MR) is 268 cm³/mol. The second-order valence-corrected chi connectivity index (χ2v) is 16.3. The van der Waals surface area contributed by atoms with Crippen LogP contribution >= 0.6 is 39.1 Å². The zero-order valence-corrected chi connectivity index (χ0v) is 38.3. The van der Waals surface area contributed by atoms with Crippen LogP contribution in [0.2, 0.25) is 10.0 Å². The first-order valence-electron chi connectivity index (χ1n) is 20.2. The fraction of sp³-hybridized carbons (Fsp3) is 0.0370. The Balaban J connectivity index is 0.000000165. The van der Waals surface area contributed by atoms with E-state index >= 15 is 0 Å². The number of carboxylic acids is 1. The molecule has 0 heterocycles. The third-order valence-electron chi connectivity index (χ3n) is 9.86. The monoisotopic (exact) mass is 961 g/mol. The highest BCUT2D eigenvalue weighted by molar-refractivity contribution is 9.10. The second-order valence-electron chi connectivity index (χ2n) is 14.5. The molecule has 8 aromatic rings. The van der Waals surface area contributed by atoms with E-state index in [4.69, 9.17) is 23.2 Å². The Morgan fingerprint density at radius 1 is 0.415 bits per heavy atom. The highest BCUT2D eigenvalue weighted by atomic mass is 79.9. The molecule has 8 rings (SSSR count). The average Bonchev–Trinajstić information content (AvgIpc) is 3.32. The Morgan fingerprint density at radius 2 is 0.785 bits per heavy atom. The van der Waals surface area contributed by atoms with Gasteiger partial charge in [-0.2, -0.15) is 0 Å². The first-order chi connectivity index (χ1) is 31.3. The lowest BCUT2D eigenvalue weighted by molar-refractivity contribution is 0.0697. The standard InChI is InChI=1S/C20H14ClNO3.C20H16ClNO.C14H12BrNO/c21-16-8-4-7-14(11-16)15-9-10-17(20(24)25)18(12-15)22-19(23)13-5-2-1-3-6-13;1-14-10-11-17(16-8-5-9-18(21)12-16)13-19(14)22-20(23)15-6-3-2-4-7-15;1-10-7-8-12(15)9-13(10)16-14(17)11-5-3-2-4-6-11/h1-12H,(H,22,23)(H,24,25);2-13H,1H3,(H,22,23);2-9H,1H3,(H,16,17). The molecule has 11 heteroatoms. The number of halogens is 3. The molecule has 65 heavy (non-hydrogen) atoms. The summed E-state index contributed by atoms with van der Waals surface area (Å²) in [5.41, 5.74) is 9.32. The average molecular weight is 964 g/mol. The molecule has 0 aromatic heterocycles. The number of carbonyl (C=O) groups is 4. The zero-order valence-electron chi connectivity index (χ0n) is 35.2. The van der Waals surface area contributed by atoms with Gasteiger partial charge in [0.1, 0.15) is 0 Å². The van der Waals surface area contributed by atoms with Crippen molar-refractivity contribution in [3.63, 3.8) is 0 Å². The van der Waals surface area contributed by atoms with Crippen LogP contribution in [-0.2, 0) is 0 Å². The van der Waals surface area contributed by atoms with E-state index < -0.39 is 5.97 Å². The van der Waals surface area contributed by atoms with Crippen molar-refractivity contribution in [1.82, 2.24) is 0 Å². The number of hydrogen-bond acceptors (Lipinski definition) is 4. The molecule has 0 bridgehead atoms. The minimum atomic E-state index is -1.11. The maximum absolute atomic E-state index is 12.4. The van der Waals surface area contributed by atoms with E-state index in [1.165, 1.54) is 6.07 Å². The van der Waals surface area contributed by atoms with Crippen LogP contribution in [0.3, 0.4) is 0 Å². The maximum atomic E-state index is 12.4. The van der Waals surface area contributed by atoms with Crippen LogP contribution < -0.4 is 16.0 Å². The van der Waals surface area contributed by atoms with E-state index in [2.05, 4.69) is 31.9 Å². The lowest BCUT2D eigenvalue weighted by atomic mass is 10.0. The SMILES string of the molecule is Cc1ccc(-c2cccc(Cl)c2)cc1NC(=O)c1ccccc1.Cc1ccc(Br)cc1NC(=O)c1ccccc1.O=C(Nc1cc(-c2cccc(Cl)c2)ccc1C(=O)O)c1ccccc1. The smallest absolute Gasteiger partial charge is 0.337 e. The van der Waals surface area contributed by atoms with E-state index in [9.17, 15) is 24.3 Å². The van der Waals surface area contributed by atoms with Crippen molar-refractivity contribution < 1.29 is 24.3 Å². The lowest BCUT2D eigenvalue weighted by Crippen LogP contribution is -2.14. The summed E-state index contributed by atoms with van der Waals surface area (Å²) in [6.07, 6.45) is 0. The number of rotatable bonds is 9. The van der Waals surface area contributed by atoms with E-state index in [1.54, 1.807) is 78.9 Å². The Bertz CT molecular complexity index is 2950. The molecule has 8 aromatic carbocycles. The first-order valence-corrected chi connectivity index (χ1v) is 21.7. The van der Waals surface area contributed by atoms with Gasteiger partial charge in [-0.1, -0.05) is 142 Å². The molecule has 0 aliphatic carbocycles. The van der Waals surface area contributed by atoms with Crippen LogP contribution in [-0.4, -0.2) is 28.8 Å². The number of carboxylic acid groups (broad SMARTS) is 1. The lowest BCUT2D eigenvalue weighted by Gasteiger charge is -2.11. The van der Waals surface area contributed by atoms with Gasteiger partial charge < -0.3 is 21.1 Å². The normalized spacial score (nSPS) is 10.2. The van der Waals surface area contributed by atoms with Crippen molar-refractivity contribution in [3.05, 3.63) is 242 Å². The van der Waals surface area contributed by atoms with Gasteiger partial charge >= 0.3 is 5.97 Å². The van der Waals surface area contributed by atoms with Crippen LogP contribution in [0.15, 0.2) is 199 Å². The van der Waals surface area contributed by atoms with E-state index in [-0.39, 0.29) is 29.0 Å². The Labute approximate surface area is 396 Å². The minimum absolute atomic E-state index is 0.0232. The van der Waals surface area contributed by atoms with Crippen molar-refractivity contribution >= 4 is 79.9 Å². The van der Waals surface area contributed by atoms with Gasteiger partial charge in [0, 0.05) is 42.6 Å².